The molecule has 6 nitrogen and oxygen atoms in total. The van der Waals surface area contributed by atoms with Gasteiger partial charge in [0.05, 0.1) is 5.92 Å². The van der Waals surface area contributed by atoms with Crippen LogP contribution in [0, 0.1) is 17.8 Å². The quantitative estimate of drug-likeness (QED) is 0.605. The molecule has 114 valence electrons. The van der Waals surface area contributed by atoms with Gasteiger partial charge in [-0.1, -0.05) is 6.58 Å². The van der Waals surface area contributed by atoms with Gasteiger partial charge in [0.1, 0.15) is 18.2 Å². The molecule has 0 radical (unpaired) electrons. The van der Waals surface area contributed by atoms with E-state index in [1.165, 1.54) is 0 Å². The van der Waals surface area contributed by atoms with E-state index in [0.717, 1.165) is 12.8 Å². The molecule has 5 unspecified atom stereocenters. The second kappa shape index (κ2) is 4.58. The summed E-state index contributed by atoms with van der Waals surface area (Å²) in [5.41, 5.74) is -0.431. The second-order valence-corrected chi connectivity index (χ2v) is 6.42. The van der Waals surface area contributed by atoms with Crippen LogP contribution in [0.4, 0.5) is 0 Å². The van der Waals surface area contributed by atoms with Crippen molar-refractivity contribution in [3.63, 3.8) is 0 Å². The maximum atomic E-state index is 12.0. The molecule has 3 aliphatic rings. The second-order valence-electron chi connectivity index (χ2n) is 6.42. The lowest BCUT2D eigenvalue weighted by molar-refractivity contribution is -0.178. The van der Waals surface area contributed by atoms with Gasteiger partial charge in [0, 0.05) is 17.4 Å². The summed E-state index contributed by atoms with van der Waals surface area (Å²) in [7, 11) is 0. The maximum Gasteiger partial charge on any atom is 0.326 e. The van der Waals surface area contributed by atoms with Crippen LogP contribution in [-0.4, -0.2) is 36.1 Å². The first-order valence-corrected chi connectivity index (χ1v) is 7.19. The molecular weight excluding hydrogens is 274 g/mol. The first-order valence-electron chi connectivity index (χ1n) is 7.19. The van der Waals surface area contributed by atoms with Gasteiger partial charge >= 0.3 is 11.9 Å². The zero-order valence-electron chi connectivity index (χ0n) is 12.2. The molecule has 0 spiro atoms. The van der Waals surface area contributed by atoms with E-state index < -0.39 is 11.6 Å². The van der Waals surface area contributed by atoms with E-state index in [9.17, 15) is 14.4 Å². The van der Waals surface area contributed by atoms with Crippen molar-refractivity contribution < 1.29 is 23.9 Å². The topological polar surface area (TPSA) is 81.7 Å². The molecule has 1 amide bonds. The Bertz CT molecular complexity index is 542. The van der Waals surface area contributed by atoms with Gasteiger partial charge < -0.3 is 14.8 Å². The SMILES string of the molecule is C=C(C)C(=O)NCC(=O)OC1(C)C2CC3C(=O)OC1C3C2. The van der Waals surface area contributed by atoms with Crippen molar-refractivity contribution >= 4 is 17.8 Å². The molecule has 2 saturated carbocycles. The van der Waals surface area contributed by atoms with Crippen molar-refractivity contribution in [2.75, 3.05) is 6.54 Å². The van der Waals surface area contributed by atoms with E-state index in [4.69, 9.17) is 9.47 Å². The highest BCUT2D eigenvalue weighted by molar-refractivity contribution is 5.94. The van der Waals surface area contributed by atoms with Crippen LogP contribution in [0.15, 0.2) is 12.2 Å². The fourth-order valence-electron chi connectivity index (χ4n) is 3.94. The summed E-state index contributed by atoms with van der Waals surface area (Å²) < 4.78 is 11.0. The standard InChI is InChI=1S/C15H19NO5/c1-7(2)13(18)16-6-11(17)21-15(3)8-4-9-10(5-8)14(19)20-12(9)15/h8-10,12H,1,4-6H2,2-3H3,(H,16,18). The fourth-order valence-corrected chi connectivity index (χ4v) is 3.94. The van der Waals surface area contributed by atoms with Crippen molar-refractivity contribution in [3.05, 3.63) is 12.2 Å². The molecule has 2 bridgehead atoms. The summed E-state index contributed by atoms with van der Waals surface area (Å²) in [4.78, 5) is 35.1. The number of carbonyl (C=O) groups excluding carboxylic acids is 3. The summed E-state index contributed by atoms with van der Waals surface area (Å²) in [6, 6.07) is 0. The summed E-state index contributed by atoms with van der Waals surface area (Å²) in [5, 5.41) is 2.45. The fraction of sp³-hybridized carbons (Fsp3) is 0.667. The molecule has 1 aliphatic heterocycles. The number of nitrogens with one attached hydrogen (secondary N) is 1. The third-order valence-corrected chi connectivity index (χ3v) is 5.04. The van der Waals surface area contributed by atoms with E-state index in [1.807, 2.05) is 6.92 Å². The number of amides is 1. The Labute approximate surface area is 122 Å². The predicted octanol–water partition coefficient (Wildman–Crippen LogP) is 0.562. The zero-order chi connectivity index (χ0) is 15.4. The molecule has 0 aromatic carbocycles. The van der Waals surface area contributed by atoms with E-state index in [0.29, 0.717) is 5.57 Å². The van der Waals surface area contributed by atoms with Crippen molar-refractivity contribution in [1.29, 1.82) is 0 Å². The Balaban J connectivity index is 1.63. The number of fused-ring (bicyclic) bond motifs is 1. The van der Waals surface area contributed by atoms with E-state index in [1.54, 1.807) is 6.92 Å². The first-order chi connectivity index (χ1) is 9.83. The largest absolute Gasteiger partial charge is 0.458 e. The van der Waals surface area contributed by atoms with Gasteiger partial charge in [-0.2, -0.15) is 0 Å². The summed E-state index contributed by atoms with van der Waals surface area (Å²) in [6.07, 6.45) is 1.25. The minimum atomic E-state index is -0.766. The minimum Gasteiger partial charge on any atom is -0.458 e. The number of esters is 2. The highest BCUT2D eigenvalue weighted by Gasteiger charge is 2.69. The zero-order valence-corrected chi connectivity index (χ0v) is 12.2. The van der Waals surface area contributed by atoms with Crippen molar-refractivity contribution in [1.82, 2.24) is 5.32 Å². The highest BCUT2D eigenvalue weighted by atomic mass is 16.6. The minimum absolute atomic E-state index is 0.0186. The molecule has 1 heterocycles. The normalized spacial score (nSPS) is 39.0. The molecule has 2 aliphatic carbocycles. The van der Waals surface area contributed by atoms with E-state index >= 15 is 0 Å². The van der Waals surface area contributed by atoms with Crippen LogP contribution >= 0.6 is 0 Å². The van der Waals surface area contributed by atoms with Crippen LogP contribution in [0.2, 0.25) is 0 Å². The molecule has 0 aromatic rings. The highest BCUT2D eigenvalue weighted by Crippen LogP contribution is 2.60. The number of hydrogen-bond acceptors (Lipinski definition) is 5. The van der Waals surface area contributed by atoms with E-state index in [2.05, 4.69) is 11.9 Å². The third-order valence-electron chi connectivity index (χ3n) is 5.04. The molecule has 0 aromatic heterocycles. The van der Waals surface area contributed by atoms with Gasteiger partial charge in [0.15, 0.2) is 0 Å². The van der Waals surface area contributed by atoms with Gasteiger partial charge in [0.25, 0.3) is 0 Å². The Morgan fingerprint density at radius 1 is 1.48 bits per heavy atom. The number of rotatable bonds is 4. The third kappa shape index (κ3) is 2.04. The van der Waals surface area contributed by atoms with Crippen LogP contribution in [0.3, 0.4) is 0 Å². The molecule has 5 atom stereocenters. The number of ether oxygens (including phenoxy) is 2. The van der Waals surface area contributed by atoms with Crippen LogP contribution in [0.5, 0.6) is 0 Å². The molecule has 1 saturated heterocycles. The van der Waals surface area contributed by atoms with Crippen molar-refractivity contribution in [3.8, 4) is 0 Å². The van der Waals surface area contributed by atoms with Crippen LogP contribution in [0.1, 0.15) is 26.7 Å². The average Bonchev–Trinajstić information content (AvgIpc) is 3.01. The Kier molecular flexibility index (Phi) is 3.07. The smallest absolute Gasteiger partial charge is 0.326 e. The predicted molar refractivity (Wildman–Crippen MR) is 71.9 cm³/mol. The first kappa shape index (κ1) is 14.1. The summed E-state index contributed by atoms with van der Waals surface area (Å²) in [6.45, 7) is 6.69. The van der Waals surface area contributed by atoms with E-state index in [-0.39, 0.29) is 42.3 Å². The van der Waals surface area contributed by atoms with Crippen molar-refractivity contribution in [2.24, 2.45) is 17.8 Å². The molecule has 6 heteroatoms. The number of carbonyl (C=O) groups is 3. The van der Waals surface area contributed by atoms with Crippen molar-refractivity contribution in [2.45, 2.75) is 38.4 Å². The van der Waals surface area contributed by atoms with Gasteiger partial charge in [0.2, 0.25) is 5.91 Å². The van der Waals surface area contributed by atoms with Gasteiger partial charge in [-0.25, -0.2) is 0 Å². The molecular formula is C15H19NO5. The number of hydrogen-bond donors (Lipinski definition) is 1. The molecule has 21 heavy (non-hydrogen) atoms. The van der Waals surface area contributed by atoms with Gasteiger partial charge in [-0.05, 0) is 26.7 Å². The van der Waals surface area contributed by atoms with Gasteiger partial charge in [-0.3, -0.25) is 14.4 Å². The Hall–Kier alpha value is -1.85. The summed E-state index contributed by atoms with van der Waals surface area (Å²) in [5.74, 6) is -0.746. The Morgan fingerprint density at radius 3 is 2.86 bits per heavy atom. The average molecular weight is 293 g/mol. The van der Waals surface area contributed by atoms with Crippen LogP contribution in [-0.2, 0) is 23.9 Å². The van der Waals surface area contributed by atoms with Crippen LogP contribution in [0.25, 0.3) is 0 Å². The molecule has 3 rings (SSSR count). The molecule has 1 N–H and O–H groups in total. The maximum absolute atomic E-state index is 12.0. The molecule has 3 fully saturated rings. The lowest BCUT2D eigenvalue weighted by Gasteiger charge is -2.36. The lowest BCUT2D eigenvalue weighted by atomic mass is 9.80. The summed E-state index contributed by atoms with van der Waals surface area (Å²) >= 11 is 0. The van der Waals surface area contributed by atoms with Crippen LogP contribution < -0.4 is 5.32 Å². The Morgan fingerprint density at radius 2 is 2.19 bits per heavy atom. The lowest BCUT2D eigenvalue weighted by Crippen LogP contribution is -2.49. The monoisotopic (exact) mass is 293 g/mol. The van der Waals surface area contributed by atoms with Gasteiger partial charge in [-0.15, -0.1) is 0 Å².